The standard InChI is InChI=1S/C26H28F3N3O.C12H18N2.C3H4.C2H5N.C2H6/c1-5-10-30-16-26(4,18-8-7-9-19(28)12-18)23-11-17(3)25(33-6-2)24(32-23)21-13-20(14-27)31-15-22(21)29;1-4-5-14-8-11-7-9(2)6-10(3)12(11)13;1-3-2;1-2-3;1-2/h5,7-13,15,30H,6,14,16H2,1-4H3;6-8H,4-5,13H2,1-3H3;1H,2H3;2H,1,3H2;1-2H3. The molecule has 0 saturated carbocycles. The number of rotatable bonds is 12. The first-order valence-electron chi connectivity index (χ1n) is 18.3. The van der Waals surface area contributed by atoms with E-state index >= 15 is 0 Å². The lowest BCUT2D eigenvalue weighted by atomic mass is 9.78. The fourth-order valence-electron chi connectivity index (χ4n) is 5.15. The SMILES string of the molecule is C#CC.C=CN.CC.CC=CNCC(C)(c1cccc(F)c1)c1cc(C)c(OCC)c(-c2cc(CF)ncc2F)n1.CCCN=Cc1cc(C)cc(C)c1N. The van der Waals surface area contributed by atoms with E-state index in [1.807, 2.05) is 72.9 Å². The van der Waals surface area contributed by atoms with E-state index in [0.29, 0.717) is 30.2 Å². The van der Waals surface area contributed by atoms with Crippen molar-refractivity contribution in [3.8, 4) is 29.4 Å². The third kappa shape index (κ3) is 15.8. The van der Waals surface area contributed by atoms with Gasteiger partial charge in [0.1, 0.15) is 23.9 Å². The van der Waals surface area contributed by atoms with Crippen LogP contribution in [0.2, 0.25) is 0 Å². The van der Waals surface area contributed by atoms with Crippen molar-refractivity contribution in [1.82, 2.24) is 15.3 Å². The quantitative estimate of drug-likeness (QED) is 0.0754. The Labute approximate surface area is 328 Å². The van der Waals surface area contributed by atoms with Crippen LogP contribution in [-0.2, 0) is 12.1 Å². The first-order valence-corrected chi connectivity index (χ1v) is 18.3. The van der Waals surface area contributed by atoms with Gasteiger partial charge in [-0.25, -0.2) is 18.2 Å². The second-order valence-corrected chi connectivity index (χ2v) is 12.1. The second kappa shape index (κ2) is 27.1. The molecule has 2 aromatic carbocycles. The Morgan fingerprint density at radius 2 is 1.73 bits per heavy atom. The maximum Gasteiger partial charge on any atom is 0.151 e. The number of nitrogens with one attached hydrogen (secondary N) is 1. The molecule has 2 aromatic heterocycles. The molecule has 0 aliphatic heterocycles. The average molecular weight is 759 g/mol. The highest BCUT2D eigenvalue weighted by atomic mass is 19.1. The van der Waals surface area contributed by atoms with Crippen molar-refractivity contribution in [3.05, 3.63) is 131 Å². The van der Waals surface area contributed by atoms with Gasteiger partial charge < -0.3 is 21.5 Å². The molecular formula is C45H61F3N6O. The number of anilines is 1. The van der Waals surface area contributed by atoms with Crippen LogP contribution in [-0.4, -0.2) is 35.9 Å². The van der Waals surface area contributed by atoms with Crippen LogP contribution >= 0.6 is 0 Å². The molecule has 0 radical (unpaired) electrons. The lowest BCUT2D eigenvalue weighted by Crippen LogP contribution is -2.36. The van der Waals surface area contributed by atoms with Crippen LogP contribution in [0.3, 0.4) is 0 Å². The van der Waals surface area contributed by atoms with Crippen LogP contribution < -0.4 is 21.5 Å². The Bertz CT molecular complexity index is 1850. The molecule has 0 aliphatic carbocycles. The number of nitrogens with two attached hydrogens (primary N) is 2. The third-order valence-electron chi connectivity index (χ3n) is 7.66. The minimum absolute atomic E-state index is 0.0985. The summed E-state index contributed by atoms with van der Waals surface area (Å²) in [4.78, 5) is 12.9. The highest BCUT2D eigenvalue weighted by Gasteiger charge is 2.33. The molecule has 0 spiro atoms. The maximum atomic E-state index is 14.8. The van der Waals surface area contributed by atoms with Gasteiger partial charge in [0.2, 0.25) is 0 Å². The summed E-state index contributed by atoms with van der Waals surface area (Å²) >= 11 is 0. The van der Waals surface area contributed by atoms with Gasteiger partial charge in [0.05, 0.1) is 29.6 Å². The average Bonchev–Trinajstić information content (AvgIpc) is 3.16. The van der Waals surface area contributed by atoms with Crippen LogP contribution in [0.4, 0.5) is 18.9 Å². The Kier molecular flexibility index (Phi) is 24.3. The van der Waals surface area contributed by atoms with Crippen LogP contribution in [0.25, 0.3) is 11.3 Å². The van der Waals surface area contributed by atoms with Crippen molar-refractivity contribution in [1.29, 1.82) is 0 Å². The van der Waals surface area contributed by atoms with E-state index in [1.165, 1.54) is 30.0 Å². The van der Waals surface area contributed by atoms with Gasteiger partial charge in [-0.1, -0.05) is 57.2 Å². The van der Waals surface area contributed by atoms with Crippen LogP contribution in [0.15, 0.2) is 84.8 Å². The highest BCUT2D eigenvalue weighted by molar-refractivity contribution is 5.88. The van der Waals surface area contributed by atoms with E-state index in [2.05, 4.69) is 65.9 Å². The summed E-state index contributed by atoms with van der Waals surface area (Å²) in [5.74, 6) is 1.68. The fourth-order valence-corrected chi connectivity index (χ4v) is 5.15. The summed E-state index contributed by atoms with van der Waals surface area (Å²) in [6.07, 6.45) is 13.4. The largest absolute Gasteiger partial charge is 0.491 e. The van der Waals surface area contributed by atoms with E-state index in [4.69, 9.17) is 15.5 Å². The molecule has 2 heterocycles. The van der Waals surface area contributed by atoms with E-state index in [-0.39, 0.29) is 22.8 Å². The predicted molar refractivity (Wildman–Crippen MR) is 227 cm³/mol. The van der Waals surface area contributed by atoms with Gasteiger partial charge in [-0.2, -0.15) is 0 Å². The molecular weight excluding hydrogens is 698 g/mol. The molecule has 4 aromatic rings. The number of ether oxygens (including phenoxy) is 1. The molecule has 7 nitrogen and oxygen atoms in total. The number of alkyl halides is 1. The molecule has 0 fully saturated rings. The fraction of sp³-hybridized carbons (Fsp3) is 0.356. The minimum atomic E-state index is -0.829. The number of aliphatic imine (C=N–C) groups is 1. The number of nitrogen functional groups attached to an aromatic ring is 1. The molecule has 55 heavy (non-hydrogen) atoms. The van der Waals surface area contributed by atoms with Crippen molar-refractivity contribution in [2.75, 3.05) is 25.4 Å². The van der Waals surface area contributed by atoms with Crippen molar-refractivity contribution in [3.63, 3.8) is 0 Å². The van der Waals surface area contributed by atoms with Gasteiger partial charge in [0.15, 0.2) is 5.82 Å². The van der Waals surface area contributed by atoms with Crippen molar-refractivity contribution in [2.45, 2.75) is 87.7 Å². The zero-order chi connectivity index (χ0) is 42.0. The Balaban J connectivity index is 0.00000110. The summed E-state index contributed by atoms with van der Waals surface area (Å²) in [6.45, 7) is 23.3. The first-order chi connectivity index (χ1) is 26.3. The summed E-state index contributed by atoms with van der Waals surface area (Å²) in [7, 11) is 0. The molecule has 0 bridgehead atoms. The monoisotopic (exact) mass is 758 g/mol. The summed E-state index contributed by atoms with van der Waals surface area (Å²) in [6, 6.07) is 13.7. The topological polar surface area (TPSA) is 111 Å². The highest BCUT2D eigenvalue weighted by Crippen LogP contribution is 2.39. The van der Waals surface area contributed by atoms with Gasteiger partial charge in [0.25, 0.3) is 0 Å². The van der Waals surface area contributed by atoms with E-state index in [1.54, 1.807) is 19.2 Å². The lowest BCUT2D eigenvalue weighted by Gasteiger charge is -2.31. The van der Waals surface area contributed by atoms with Gasteiger partial charge in [-0.05, 0) is 114 Å². The molecule has 0 aliphatic rings. The maximum absolute atomic E-state index is 14.8. The van der Waals surface area contributed by atoms with Crippen LogP contribution in [0.1, 0.15) is 94.1 Å². The zero-order valence-electron chi connectivity index (χ0n) is 34.4. The van der Waals surface area contributed by atoms with Gasteiger partial charge in [-0.15, -0.1) is 12.3 Å². The second-order valence-electron chi connectivity index (χ2n) is 12.1. The van der Waals surface area contributed by atoms with E-state index in [0.717, 1.165) is 41.5 Å². The third-order valence-corrected chi connectivity index (χ3v) is 7.66. The summed E-state index contributed by atoms with van der Waals surface area (Å²) in [5.41, 5.74) is 16.5. The first kappa shape index (κ1) is 49.4. The number of hydrogen-bond acceptors (Lipinski definition) is 7. The molecule has 5 N–H and O–H groups in total. The minimum Gasteiger partial charge on any atom is -0.491 e. The number of aromatic nitrogens is 2. The number of nitrogens with zero attached hydrogens (tertiary/aromatic N) is 3. The molecule has 4 rings (SSSR count). The normalized spacial score (nSPS) is 11.2. The number of aryl methyl sites for hydroxylation is 3. The molecule has 1 atom stereocenters. The van der Waals surface area contributed by atoms with Gasteiger partial charge >= 0.3 is 0 Å². The van der Waals surface area contributed by atoms with Crippen molar-refractivity contribution >= 4 is 11.9 Å². The Hall–Kier alpha value is -5.56. The summed E-state index contributed by atoms with van der Waals surface area (Å²) in [5, 5.41) is 3.23. The molecule has 10 heteroatoms. The molecule has 0 saturated heterocycles. The number of allylic oxidation sites excluding steroid dienone is 1. The lowest BCUT2D eigenvalue weighted by molar-refractivity contribution is 0.337. The van der Waals surface area contributed by atoms with Gasteiger partial charge in [-0.3, -0.25) is 9.98 Å². The predicted octanol–water partition coefficient (Wildman–Crippen LogP) is 10.5. The number of pyridine rings is 2. The number of halogens is 3. The molecule has 298 valence electrons. The smallest absolute Gasteiger partial charge is 0.151 e. The molecule has 1 unspecified atom stereocenters. The molecule has 0 amide bonds. The summed E-state index contributed by atoms with van der Waals surface area (Å²) < 4.78 is 48.1. The number of terminal acetylenes is 1. The number of benzene rings is 2. The zero-order valence-corrected chi connectivity index (χ0v) is 34.4. The number of hydrogen-bond donors (Lipinski definition) is 3. The van der Waals surface area contributed by atoms with Crippen LogP contribution in [0.5, 0.6) is 5.75 Å². The van der Waals surface area contributed by atoms with E-state index < -0.39 is 17.9 Å². The van der Waals surface area contributed by atoms with Gasteiger partial charge in [0, 0.05) is 36.1 Å². The Morgan fingerprint density at radius 1 is 1.07 bits per heavy atom. The van der Waals surface area contributed by atoms with E-state index in [9.17, 15) is 13.2 Å². The Morgan fingerprint density at radius 3 is 2.29 bits per heavy atom. The van der Waals surface area contributed by atoms with Crippen molar-refractivity contribution in [2.24, 2.45) is 10.7 Å². The van der Waals surface area contributed by atoms with Crippen LogP contribution in [0, 0.1) is 44.7 Å². The van der Waals surface area contributed by atoms with Crippen molar-refractivity contribution < 1.29 is 17.9 Å².